The quantitative estimate of drug-likeness (QED) is 0.749. The number of nitrogens with one attached hydrogen (secondary N) is 1. The molecular formula is C18H27ClN4O4S. The summed E-state index contributed by atoms with van der Waals surface area (Å²) in [6.07, 6.45) is 0. The van der Waals surface area contributed by atoms with Crippen molar-refractivity contribution in [3.05, 3.63) is 29.8 Å². The Morgan fingerprint density at radius 2 is 1.75 bits per heavy atom. The van der Waals surface area contributed by atoms with Gasteiger partial charge in [-0.3, -0.25) is 9.59 Å². The van der Waals surface area contributed by atoms with Crippen LogP contribution in [-0.4, -0.2) is 86.2 Å². The van der Waals surface area contributed by atoms with E-state index in [1.807, 2.05) is 6.92 Å². The molecule has 1 N–H and O–H groups in total. The van der Waals surface area contributed by atoms with E-state index in [1.54, 1.807) is 21.9 Å². The maximum Gasteiger partial charge on any atom is 0.253 e. The fourth-order valence-corrected chi connectivity index (χ4v) is 4.95. The Morgan fingerprint density at radius 3 is 2.36 bits per heavy atom. The van der Waals surface area contributed by atoms with E-state index >= 15 is 0 Å². The summed E-state index contributed by atoms with van der Waals surface area (Å²) in [6.45, 7) is 6.71. The fourth-order valence-electron chi connectivity index (χ4n) is 3.48. The number of carbonyl (C=O) groups excluding carboxylic acids is 2. The lowest BCUT2D eigenvalue weighted by Crippen LogP contribution is -2.51. The van der Waals surface area contributed by atoms with Gasteiger partial charge in [-0.1, -0.05) is 6.07 Å². The van der Waals surface area contributed by atoms with Gasteiger partial charge in [-0.15, -0.1) is 12.4 Å². The highest BCUT2D eigenvalue weighted by Crippen LogP contribution is 2.20. The lowest BCUT2D eigenvalue weighted by molar-refractivity contribution is -0.129. The predicted molar refractivity (Wildman–Crippen MR) is 108 cm³/mol. The van der Waals surface area contributed by atoms with Crippen molar-refractivity contribution in [3.63, 3.8) is 0 Å². The highest BCUT2D eigenvalue weighted by molar-refractivity contribution is 7.89. The van der Waals surface area contributed by atoms with Crippen LogP contribution in [0, 0.1) is 0 Å². The minimum Gasteiger partial charge on any atom is -0.340 e. The molecule has 3 rings (SSSR count). The number of sulfonamides is 1. The van der Waals surface area contributed by atoms with Crippen LogP contribution in [-0.2, 0) is 14.8 Å². The lowest BCUT2D eigenvalue weighted by Gasteiger charge is -2.33. The average Bonchev–Trinajstić information content (AvgIpc) is 2.67. The number of benzene rings is 1. The van der Waals surface area contributed by atoms with Crippen molar-refractivity contribution in [2.45, 2.75) is 24.8 Å². The van der Waals surface area contributed by atoms with Gasteiger partial charge in [-0.25, -0.2) is 8.42 Å². The van der Waals surface area contributed by atoms with Gasteiger partial charge in [0.1, 0.15) is 0 Å². The first-order valence-corrected chi connectivity index (χ1v) is 10.6. The van der Waals surface area contributed by atoms with E-state index in [2.05, 4.69) is 5.32 Å². The molecule has 0 saturated carbocycles. The summed E-state index contributed by atoms with van der Waals surface area (Å²) in [5, 5.41) is 3.28. The highest BCUT2D eigenvalue weighted by Gasteiger charge is 2.30. The standard InChI is InChI=1S/C18H26N4O4S.ClH/c1-14-13-21(7-6-19-14)18(24)16-4-3-5-17(12-16)27(25,26)22-10-8-20(9-11-22)15(2)23;/h3-5,12,14,19H,6-11,13H2,1-2H3;1H. The third kappa shape index (κ3) is 4.83. The second-order valence-corrected chi connectivity index (χ2v) is 8.98. The topological polar surface area (TPSA) is 90.0 Å². The molecule has 2 aliphatic heterocycles. The fraction of sp³-hybridized carbons (Fsp3) is 0.556. The molecule has 8 nitrogen and oxygen atoms in total. The minimum atomic E-state index is -3.70. The number of hydrogen-bond donors (Lipinski definition) is 1. The van der Waals surface area contributed by atoms with Gasteiger partial charge < -0.3 is 15.1 Å². The number of halogens is 1. The van der Waals surface area contributed by atoms with Crippen LogP contribution >= 0.6 is 12.4 Å². The van der Waals surface area contributed by atoms with E-state index in [0.29, 0.717) is 31.7 Å². The van der Waals surface area contributed by atoms with Crippen molar-refractivity contribution in [2.75, 3.05) is 45.8 Å². The van der Waals surface area contributed by atoms with E-state index in [9.17, 15) is 18.0 Å². The molecule has 0 aliphatic carbocycles. The van der Waals surface area contributed by atoms with Crippen LogP contribution < -0.4 is 5.32 Å². The average molecular weight is 431 g/mol. The summed E-state index contributed by atoms with van der Waals surface area (Å²) in [6, 6.07) is 6.46. The van der Waals surface area contributed by atoms with Crippen molar-refractivity contribution < 1.29 is 18.0 Å². The molecule has 28 heavy (non-hydrogen) atoms. The summed E-state index contributed by atoms with van der Waals surface area (Å²) >= 11 is 0. The maximum atomic E-state index is 13.0. The molecule has 2 aliphatic rings. The third-order valence-corrected chi connectivity index (χ3v) is 6.95. The molecule has 0 aromatic heterocycles. The van der Waals surface area contributed by atoms with Gasteiger partial charge >= 0.3 is 0 Å². The second-order valence-electron chi connectivity index (χ2n) is 7.04. The van der Waals surface area contributed by atoms with Crippen molar-refractivity contribution >= 4 is 34.2 Å². The number of amides is 2. The molecule has 1 aromatic carbocycles. The summed E-state index contributed by atoms with van der Waals surface area (Å²) in [4.78, 5) is 27.7. The number of nitrogens with zero attached hydrogens (tertiary/aromatic N) is 3. The van der Waals surface area contributed by atoms with E-state index in [0.717, 1.165) is 6.54 Å². The van der Waals surface area contributed by atoms with E-state index in [1.165, 1.54) is 23.4 Å². The number of piperazine rings is 2. The molecule has 0 spiro atoms. The SMILES string of the molecule is CC(=O)N1CCN(S(=O)(=O)c2cccc(C(=O)N3CCNC(C)C3)c2)CC1.Cl. The Labute approximate surface area is 172 Å². The van der Waals surface area contributed by atoms with Crippen LogP contribution in [0.3, 0.4) is 0 Å². The zero-order chi connectivity index (χ0) is 19.6. The first-order valence-electron chi connectivity index (χ1n) is 9.17. The Bertz CT molecular complexity index is 825. The molecular weight excluding hydrogens is 404 g/mol. The smallest absolute Gasteiger partial charge is 0.253 e. The summed E-state index contributed by atoms with van der Waals surface area (Å²) < 4.78 is 27.3. The van der Waals surface area contributed by atoms with Gasteiger partial charge in [0.15, 0.2) is 0 Å². The van der Waals surface area contributed by atoms with Crippen molar-refractivity contribution in [1.82, 2.24) is 19.4 Å². The summed E-state index contributed by atoms with van der Waals surface area (Å²) in [5.74, 6) is -0.202. The number of rotatable bonds is 3. The lowest BCUT2D eigenvalue weighted by atomic mass is 10.1. The zero-order valence-corrected chi connectivity index (χ0v) is 17.8. The van der Waals surface area contributed by atoms with Gasteiger partial charge in [-0.05, 0) is 25.1 Å². The molecule has 156 valence electrons. The van der Waals surface area contributed by atoms with Crippen LogP contribution in [0.15, 0.2) is 29.2 Å². The van der Waals surface area contributed by atoms with Crippen LogP contribution in [0.1, 0.15) is 24.2 Å². The molecule has 10 heteroatoms. The summed E-state index contributed by atoms with van der Waals surface area (Å²) in [7, 11) is -3.70. The van der Waals surface area contributed by atoms with Gasteiger partial charge in [0.05, 0.1) is 4.90 Å². The Morgan fingerprint density at radius 1 is 1.07 bits per heavy atom. The van der Waals surface area contributed by atoms with E-state index < -0.39 is 10.0 Å². The van der Waals surface area contributed by atoms with Crippen molar-refractivity contribution in [1.29, 1.82) is 0 Å². The largest absolute Gasteiger partial charge is 0.340 e. The van der Waals surface area contributed by atoms with Crippen LogP contribution in [0.2, 0.25) is 0 Å². The van der Waals surface area contributed by atoms with E-state index in [-0.39, 0.29) is 48.2 Å². The zero-order valence-electron chi connectivity index (χ0n) is 16.1. The maximum absolute atomic E-state index is 13.0. The van der Waals surface area contributed by atoms with Crippen LogP contribution in [0.5, 0.6) is 0 Å². The Hall–Kier alpha value is -1.68. The third-order valence-electron chi connectivity index (χ3n) is 5.06. The van der Waals surface area contributed by atoms with Crippen LogP contribution in [0.4, 0.5) is 0 Å². The van der Waals surface area contributed by atoms with Crippen molar-refractivity contribution in [3.8, 4) is 0 Å². The monoisotopic (exact) mass is 430 g/mol. The van der Waals surface area contributed by atoms with Crippen molar-refractivity contribution in [2.24, 2.45) is 0 Å². The Balaban J connectivity index is 0.00000280. The van der Waals surface area contributed by atoms with Gasteiger partial charge in [0.2, 0.25) is 15.9 Å². The molecule has 2 saturated heterocycles. The Kier molecular flexibility index (Phi) is 7.44. The molecule has 0 bridgehead atoms. The van der Waals surface area contributed by atoms with Gasteiger partial charge in [0, 0.05) is 64.3 Å². The second kappa shape index (κ2) is 9.21. The summed E-state index contributed by atoms with van der Waals surface area (Å²) in [5.41, 5.74) is 0.382. The van der Waals surface area contributed by atoms with E-state index in [4.69, 9.17) is 0 Å². The molecule has 0 radical (unpaired) electrons. The predicted octanol–water partition coefficient (Wildman–Crippen LogP) is 0.395. The molecule has 2 fully saturated rings. The van der Waals surface area contributed by atoms with Gasteiger partial charge in [0.25, 0.3) is 5.91 Å². The molecule has 1 unspecified atom stereocenters. The van der Waals surface area contributed by atoms with Gasteiger partial charge in [-0.2, -0.15) is 4.31 Å². The number of carbonyl (C=O) groups is 2. The molecule has 1 aromatic rings. The highest BCUT2D eigenvalue weighted by atomic mass is 35.5. The van der Waals surface area contributed by atoms with Crippen LogP contribution in [0.25, 0.3) is 0 Å². The first-order chi connectivity index (χ1) is 12.8. The molecule has 2 heterocycles. The normalized spacial score (nSPS) is 21.1. The molecule has 1 atom stereocenters. The number of hydrogen-bond acceptors (Lipinski definition) is 5. The first kappa shape index (κ1) is 22.6. The minimum absolute atomic E-state index is 0. The molecule has 2 amide bonds.